The first-order valence-electron chi connectivity index (χ1n) is 6.16. The van der Waals surface area contributed by atoms with E-state index in [0.29, 0.717) is 13.0 Å². The average Bonchev–Trinajstić information content (AvgIpc) is 2.37. The molecule has 0 saturated heterocycles. The van der Waals surface area contributed by atoms with Gasteiger partial charge in [-0.25, -0.2) is 0 Å². The van der Waals surface area contributed by atoms with Crippen LogP contribution in [0, 0.1) is 25.2 Å². The Morgan fingerprint density at radius 1 is 1.44 bits per heavy atom. The molecule has 3 heteroatoms. The van der Waals surface area contributed by atoms with Crippen LogP contribution < -0.4 is 0 Å². The second-order valence-electron chi connectivity index (χ2n) is 4.75. The Kier molecular flexibility index (Phi) is 5.06. The quantitative estimate of drug-likeness (QED) is 0.748. The largest absolute Gasteiger partial charge is 0.296 e. The van der Waals surface area contributed by atoms with Crippen LogP contribution >= 0.6 is 0 Å². The maximum Gasteiger partial charge on any atom is 0.179 e. The first-order chi connectivity index (χ1) is 8.47. The number of nitrogens with zero attached hydrogens (tertiary/aromatic N) is 2. The molecule has 0 radical (unpaired) electrons. The van der Waals surface area contributed by atoms with Crippen LogP contribution in [0.1, 0.15) is 34.8 Å². The summed E-state index contributed by atoms with van der Waals surface area (Å²) in [4.78, 5) is 14.3. The maximum atomic E-state index is 12.4. The molecule has 0 spiro atoms. The molecule has 1 unspecified atom stereocenters. The molecule has 1 aromatic carbocycles. The first-order valence-corrected chi connectivity index (χ1v) is 6.16. The van der Waals surface area contributed by atoms with Crippen LogP contribution in [0.4, 0.5) is 0 Å². The van der Waals surface area contributed by atoms with Gasteiger partial charge in [0.25, 0.3) is 0 Å². The van der Waals surface area contributed by atoms with Crippen LogP contribution in [0.25, 0.3) is 0 Å². The zero-order chi connectivity index (χ0) is 13.7. The molecule has 0 aliphatic heterocycles. The fraction of sp³-hybridized carbons (Fsp3) is 0.467. The monoisotopic (exact) mass is 244 g/mol. The second-order valence-corrected chi connectivity index (χ2v) is 4.75. The van der Waals surface area contributed by atoms with E-state index in [-0.39, 0.29) is 11.8 Å². The summed E-state index contributed by atoms with van der Waals surface area (Å²) in [6, 6.07) is 7.83. The summed E-state index contributed by atoms with van der Waals surface area (Å²) in [5, 5.41) is 8.57. The number of hydrogen-bond donors (Lipinski definition) is 0. The molecular formula is C15H20N2O. The van der Waals surface area contributed by atoms with E-state index in [1.54, 1.807) is 0 Å². The van der Waals surface area contributed by atoms with E-state index in [2.05, 4.69) is 6.07 Å². The van der Waals surface area contributed by atoms with E-state index in [0.717, 1.165) is 16.7 Å². The molecule has 0 aromatic heterocycles. The van der Waals surface area contributed by atoms with Crippen molar-refractivity contribution in [2.24, 2.45) is 0 Å². The Hall–Kier alpha value is -1.66. The Morgan fingerprint density at radius 3 is 2.72 bits per heavy atom. The van der Waals surface area contributed by atoms with Crippen molar-refractivity contribution in [1.82, 2.24) is 4.90 Å². The predicted octanol–water partition coefficient (Wildman–Crippen LogP) is 2.72. The van der Waals surface area contributed by atoms with Gasteiger partial charge >= 0.3 is 0 Å². The van der Waals surface area contributed by atoms with E-state index >= 15 is 0 Å². The molecule has 0 heterocycles. The van der Waals surface area contributed by atoms with Gasteiger partial charge in [-0.3, -0.25) is 9.69 Å². The van der Waals surface area contributed by atoms with Gasteiger partial charge < -0.3 is 0 Å². The van der Waals surface area contributed by atoms with Gasteiger partial charge in [0.05, 0.1) is 12.1 Å². The molecule has 0 fully saturated rings. The van der Waals surface area contributed by atoms with Gasteiger partial charge in [-0.2, -0.15) is 5.26 Å². The van der Waals surface area contributed by atoms with Gasteiger partial charge in [0, 0.05) is 18.5 Å². The van der Waals surface area contributed by atoms with Crippen LogP contribution in [0.5, 0.6) is 0 Å². The van der Waals surface area contributed by atoms with Crippen molar-refractivity contribution in [3.8, 4) is 6.07 Å². The molecule has 18 heavy (non-hydrogen) atoms. The highest BCUT2D eigenvalue weighted by Gasteiger charge is 2.20. The first kappa shape index (κ1) is 14.4. The summed E-state index contributed by atoms with van der Waals surface area (Å²) < 4.78 is 0. The zero-order valence-corrected chi connectivity index (χ0v) is 11.5. The minimum absolute atomic E-state index is 0.122. The number of aryl methyl sites for hydroxylation is 2. The van der Waals surface area contributed by atoms with Crippen LogP contribution in [0.2, 0.25) is 0 Å². The van der Waals surface area contributed by atoms with Gasteiger partial charge in [-0.05, 0) is 39.4 Å². The molecule has 0 aliphatic rings. The Morgan fingerprint density at radius 2 is 2.11 bits per heavy atom. The lowest BCUT2D eigenvalue weighted by molar-refractivity contribution is 0.0870. The molecule has 0 aliphatic carbocycles. The van der Waals surface area contributed by atoms with E-state index in [1.165, 1.54) is 0 Å². The Labute approximate surface area is 109 Å². The molecule has 1 rings (SSSR count). The summed E-state index contributed by atoms with van der Waals surface area (Å²) in [6.45, 7) is 6.45. The molecule has 1 atom stereocenters. The molecule has 0 bridgehead atoms. The molecule has 3 nitrogen and oxygen atoms in total. The lowest BCUT2D eigenvalue weighted by Gasteiger charge is -2.23. The zero-order valence-electron chi connectivity index (χ0n) is 11.5. The van der Waals surface area contributed by atoms with Gasteiger partial charge in [-0.15, -0.1) is 0 Å². The highest BCUT2D eigenvalue weighted by molar-refractivity contribution is 6.01. The highest BCUT2D eigenvalue weighted by Crippen LogP contribution is 2.15. The number of carbonyl (C=O) groups excluding carboxylic acids is 1. The SMILES string of the molecule is Cc1ccc(C)c(C(=O)C(C)N(C)CCC#N)c1. The number of benzene rings is 1. The van der Waals surface area contributed by atoms with Crippen molar-refractivity contribution < 1.29 is 4.79 Å². The summed E-state index contributed by atoms with van der Waals surface area (Å²) in [7, 11) is 1.88. The predicted molar refractivity (Wildman–Crippen MR) is 72.6 cm³/mol. The van der Waals surface area contributed by atoms with Crippen molar-refractivity contribution in [2.45, 2.75) is 33.2 Å². The van der Waals surface area contributed by atoms with Gasteiger partial charge in [0.1, 0.15) is 0 Å². The molecule has 1 aromatic rings. The van der Waals surface area contributed by atoms with Crippen molar-refractivity contribution in [2.75, 3.05) is 13.6 Å². The summed E-state index contributed by atoms with van der Waals surface area (Å²) in [5.41, 5.74) is 2.88. The van der Waals surface area contributed by atoms with Crippen LogP contribution in [0.15, 0.2) is 18.2 Å². The maximum absolute atomic E-state index is 12.4. The third kappa shape index (κ3) is 3.41. The van der Waals surface area contributed by atoms with Crippen LogP contribution in [-0.4, -0.2) is 30.3 Å². The van der Waals surface area contributed by atoms with Crippen molar-refractivity contribution in [1.29, 1.82) is 5.26 Å². The van der Waals surface area contributed by atoms with Crippen molar-refractivity contribution >= 4 is 5.78 Å². The molecular weight excluding hydrogens is 224 g/mol. The Balaban J connectivity index is 2.86. The molecule has 96 valence electrons. The van der Waals surface area contributed by atoms with Crippen LogP contribution in [0.3, 0.4) is 0 Å². The average molecular weight is 244 g/mol. The third-order valence-electron chi connectivity index (χ3n) is 3.28. The molecule has 0 N–H and O–H groups in total. The smallest absolute Gasteiger partial charge is 0.179 e. The third-order valence-corrected chi connectivity index (χ3v) is 3.28. The normalized spacial score (nSPS) is 12.2. The lowest BCUT2D eigenvalue weighted by Crippen LogP contribution is -2.36. The lowest BCUT2D eigenvalue weighted by atomic mass is 9.98. The second kappa shape index (κ2) is 6.32. The number of ketones is 1. The van der Waals surface area contributed by atoms with Crippen molar-refractivity contribution in [3.63, 3.8) is 0 Å². The van der Waals surface area contributed by atoms with E-state index < -0.39 is 0 Å². The summed E-state index contributed by atoms with van der Waals surface area (Å²) in [5.74, 6) is 0.122. The van der Waals surface area contributed by atoms with E-state index in [9.17, 15) is 4.79 Å². The van der Waals surface area contributed by atoms with E-state index in [1.807, 2.05) is 50.9 Å². The van der Waals surface area contributed by atoms with Gasteiger partial charge in [0.2, 0.25) is 0 Å². The van der Waals surface area contributed by atoms with Gasteiger partial charge in [-0.1, -0.05) is 17.7 Å². The number of carbonyl (C=O) groups is 1. The fourth-order valence-electron chi connectivity index (χ4n) is 1.85. The van der Waals surface area contributed by atoms with Gasteiger partial charge in [0.15, 0.2) is 5.78 Å². The number of hydrogen-bond acceptors (Lipinski definition) is 3. The van der Waals surface area contributed by atoms with Crippen LogP contribution in [-0.2, 0) is 0 Å². The minimum Gasteiger partial charge on any atom is -0.296 e. The number of nitriles is 1. The standard InChI is InChI=1S/C15H20N2O/c1-11-6-7-12(2)14(10-11)15(18)13(3)17(4)9-5-8-16/h6-7,10,13H,5,9H2,1-4H3. The number of Topliss-reactive ketones (excluding diaryl/α,β-unsaturated/α-hetero) is 1. The highest BCUT2D eigenvalue weighted by atomic mass is 16.1. The number of rotatable bonds is 5. The summed E-state index contributed by atoms with van der Waals surface area (Å²) in [6.07, 6.45) is 0.445. The van der Waals surface area contributed by atoms with Crippen molar-refractivity contribution in [3.05, 3.63) is 34.9 Å². The topological polar surface area (TPSA) is 44.1 Å². The molecule has 0 saturated carbocycles. The fourth-order valence-corrected chi connectivity index (χ4v) is 1.85. The number of likely N-dealkylation sites (N-methyl/N-ethyl adjacent to an activating group) is 1. The van der Waals surface area contributed by atoms with E-state index in [4.69, 9.17) is 5.26 Å². The summed E-state index contributed by atoms with van der Waals surface area (Å²) >= 11 is 0. The minimum atomic E-state index is -0.196. The Bertz CT molecular complexity index is 474. The molecule has 0 amide bonds.